The first-order chi connectivity index (χ1) is 9.66. The highest BCUT2D eigenvalue weighted by Crippen LogP contribution is 2.18. The molecule has 1 aromatic carbocycles. The van der Waals surface area contributed by atoms with Crippen LogP contribution in [0.1, 0.15) is 29.6 Å². The predicted octanol–water partition coefficient (Wildman–Crippen LogP) is 1.91. The maximum Gasteiger partial charge on any atom is 0.268 e. The molecule has 2 aromatic rings. The van der Waals surface area contributed by atoms with E-state index in [1.165, 1.54) is 6.20 Å². The number of para-hydroxylation sites is 1. The molecule has 0 spiro atoms. The van der Waals surface area contributed by atoms with Crippen LogP contribution in [0.5, 0.6) is 0 Å². The summed E-state index contributed by atoms with van der Waals surface area (Å²) in [6, 6.07) is 9.02. The number of amides is 3. The Balaban J connectivity index is 1.99. The van der Waals surface area contributed by atoms with E-state index in [1.807, 2.05) is 24.3 Å². The van der Waals surface area contributed by atoms with Gasteiger partial charge in [0.1, 0.15) is 0 Å². The SMILES string of the molecule is O=C1CCCC(=O)N1C(=O)c1cnc2ccccc2c1. The van der Waals surface area contributed by atoms with Crippen molar-refractivity contribution in [3.8, 4) is 0 Å². The van der Waals surface area contributed by atoms with Crippen molar-refractivity contribution in [3.63, 3.8) is 0 Å². The summed E-state index contributed by atoms with van der Waals surface area (Å²) in [5.74, 6) is -1.45. The molecule has 1 aliphatic rings. The molecule has 1 aromatic heterocycles. The lowest BCUT2D eigenvalue weighted by atomic mass is 10.1. The minimum absolute atomic E-state index is 0.235. The summed E-state index contributed by atoms with van der Waals surface area (Å²) in [4.78, 5) is 40.7. The van der Waals surface area contributed by atoms with E-state index in [0.29, 0.717) is 6.42 Å². The quantitative estimate of drug-likeness (QED) is 0.741. The topological polar surface area (TPSA) is 67.3 Å². The van der Waals surface area contributed by atoms with Crippen molar-refractivity contribution < 1.29 is 14.4 Å². The lowest BCUT2D eigenvalue weighted by Gasteiger charge is -2.22. The second-order valence-corrected chi connectivity index (χ2v) is 4.70. The molecule has 0 bridgehead atoms. The maximum absolute atomic E-state index is 12.3. The third-order valence-electron chi connectivity index (χ3n) is 3.32. The number of aromatic nitrogens is 1. The Kier molecular flexibility index (Phi) is 3.02. The molecular weight excluding hydrogens is 256 g/mol. The maximum atomic E-state index is 12.3. The summed E-state index contributed by atoms with van der Waals surface area (Å²) in [5, 5.41) is 0.801. The van der Waals surface area contributed by atoms with E-state index in [1.54, 1.807) is 6.07 Å². The van der Waals surface area contributed by atoms with Gasteiger partial charge in [0.05, 0.1) is 11.1 Å². The molecule has 5 heteroatoms. The zero-order chi connectivity index (χ0) is 14.1. The van der Waals surface area contributed by atoms with Gasteiger partial charge in [-0.05, 0) is 18.6 Å². The molecule has 20 heavy (non-hydrogen) atoms. The number of rotatable bonds is 1. The standard InChI is InChI=1S/C15H12N2O3/c18-13-6-3-7-14(19)17(13)15(20)11-8-10-4-1-2-5-12(10)16-9-11/h1-2,4-5,8-9H,3,6-7H2. The monoisotopic (exact) mass is 268 g/mol. The minimum Gasteiger partial charge on any atom is -0.274 e. The smallest absolute Gasteiger partial charge is 0.268 e. The highest BCUT2D eigenvalue weighted by molar-refractivity contribution is 6.17. The van der Waals surface area contributed by atoms with Crippen molar-refractivity contribution in [2.75, 3.05) is 0 Å². The number of carbonyl (C=O) groups is 3. The van der Waals surface area contributed by atoms with Crippen molar-refractivity contribution in [2.45, 2.75) is 19.3 Å². The van der Waals surface area contributed by atoms with Crippen molar-refractivity contribution in [1.29, 1.82) is 0 Å². The van der Waals surface area contributed by atoms with Gasteiger partial charge in [-0.1, -0.05) is 18.2 Å². The fourth-order valence-electron chi connectivity index (χ4n) is 2.30. The molecule has 0 unspecified atom stereocenters. The lowest BCUT2D eigenvalue weighted by Crippen LogP contribution is -2.44. The van der Waals surface area contributed by atoms with Gasteiger partial charge in [-0.25, -0.2) is 4.90 Å². The molecule has 1 aliphatic heterocycles. The molecule has 0 radical (unpaired) electrons. The normalized spacial score (nSPS) is 15.7. The number of imide groups is 3. The van der Waals surface area contributed by atoms with Crippen LogP contribution in [-0.4, -0.2) is 27.6 Å². The number of pyridine rings is 1. The van der Waals surface area contributed by atoms with Crippen LogP contribution in [0, 0.1) is 0 Å². The van der Waals surface area contributed by atoms with Gasteiger partial charge in [-0.15, -0.1) is 0 Å². The van der Waals surface area contributed by atoms with Gasteiger partial charge < -0.3 is 0 Å². The average Bonchev–Trinajstić information content (AvgIpc) is 2.46. The first-order valence-corrected chi connectivity index (χ1v) is 6.42. The van der Waals surface area contributed by atoms with E-state index < -0.39 is 17.7 Å². The Morgan fingerprint density at radius 3 is 2.55 bits per heavy atom. The van der Waals surface area contributed by atoms with E-state index in [9.17, 15) is 14.4 Å². The van der Waals surface area contributed by atoms with Crippen LogP contribution < -0.4 is 0 Å². The second kappa shape index (κ2) is 4.85. The average molecular weight is 268 g/mol. The molecule has 5 nitrogen and oxygen atoms in total. The Bertz CT molecular complexity index is 708. The van der Waals surface area contributed by atoms with E-state index >= 15 is 0 Å². The number of piperidine rings is 1. The number of hydrogen-bond acceptors (Lipinski definition) is 4. The van der Waals surface area contributed by atoms with Crippen LogP contribution in [0.15, 0.2) is 36.5 Å². The van der Waals surface area contributed by atoms with Gasteiger partial charge in [-0.2, -0.15) is 0 Å². The predicted molar refractivity (Wildman–Crippen MR) is 71.8 cm³/mol. The fraction of sp³-hybridized carbons (Fsp3) is 0.200. The molecular formula is C15H12N2O3. The lowest BCUT2D eigenvalue weighted by molar-refractivity contribution is -0.144. The Morgan fingerprint density at radius 1 is 1.10 bits per heavy atom. The van der Waals surface area contributed by atoms with Crippen LogP contribution >= 0.6 is 0 Å². The van der Waals surface area contributed by atoms with Gasteiger partial charge in [0.2, 0.25) is 11.8 Å². The summed E-state index contributed by atoms with van der Waals surface area (Å²) < 4.78 is 0. The summed E-state index contributed by atoms with van der Waals surface area (Å²) >= 11 is 0. The van der Waals surface area contributed by atoms with Crippen LogP contribution in [0.25, 0.3) is 10.9 Å². The molecule has 1 saturated heterocycles. The second-order valence-electron chi connectivity index (χ2n) is 4.70. The van der Waals surface area contributed by atoms with Gasteiger partial charge >= 0.3 is 0 Å². The Labute approximate surface area is 115 Å². The molecule has 2 heterocycles. The number of carbonyl (C=O) groups excluding carboxylic acids is 3. The third-order valence-corrected chi connectivity index (χ3v) is 3.32. The van der Waals surface area contributed by atoms with Crippen molar-refractivity contribution in [2.24, 2.45) is 0 Å². The van der Waals surface area contributed by atoms with Crippen molar-refractivity contribution in [3.05, 3.63) is 42.1 Å². The van der Waals surface area contributed by atoms with Crippen LogP contribution in [0.3, 0.4) is 0 Å². The summed E-state index contributed by atoms with van der Waals surface area (Å²) in [7, 11) is 0. The van der Waals surface area contributed by atoms with Crippen LogP contribution in [-0.2, 0) is 9.59 Å². The zero-order valence-corrected chi connectivity index (χ0v) is 10.7. The van der Waals surface area contributed by atoms with Crippen molar-refractivity contribution >= 4 is 28.6 Å². The molecule has 0 N–H and O–H groups in total. The molecule has 0 aliphatic carbocycles. The molecule has 3 rings (SSSR count). The van der Waals surface area contributed by atoms with Gasteiger partial charge in [0.15, 0.2) is 0 Å². The number of likely N-dealkylation sites (tertiary alicyclic amines) is 1. The van der Waals surface area contributed by atoms with E-state index in [0.717, 1.165) is 15.8 Å². The molecule has 0 atom stereocenters. The van der Waals surface area contributed by atoms with Gasteiger partial charge in [0.25, 0.3) is 5.91 Å². The van der Waals surface area contributed by atoms with Gasteiger partial charge in [-0.3, -0.25) is 19.4 Å². The number of nitrogens with zero attached hydrogens (tertiary/aromatic N) is 2. The zero-order valence-electron chi connectivity index (χ0n) is 10.7. The van der Waals surface area contributed by atoms with Crippen molar-refractivity contribution in [1.82, 2.24) is 9.88 Å². The molecule has 100 valence electrons. The third kappa shape index (κ3) is 2.07. The first-order valence-electron chi connectivity index (χ1n) is 6.42. The minimum atomic E-state index is -0.585. The molecule has 1 fully saturated rings. The van der Waals surface area contributed by atoms with Crippen LogP contribution in [0.2, 0.25) is 0 Å². The summed E-state index contributed by atoms with van der Waals surface area (Å²) in [5.41, 5.74) is 1.02. The Morgan fingerprint density at radius 2 is 1.80 bits per heavy atom. The molecule has 0 saturated carbocycles. The van der Waals surface area contributed by atoms with E-state index in [4.69, 9.17) is 0 Å². The van der Waals surface area contributed by atoms with E-state index in [-0.39, 0.29) is 18.4 Å². The Hall–Kier alpha value is -2.56. The molecule has 3 amide bonds. The number of benzene rings is 1. The number of hydrogen-bond donors (Lipinski definition) is 0. The highest BCUT2D eigenvalue weighted by atomic mass is 16.2. The number of fused-ring (bicyclic) bond motifs is 1. The highest BCUT2D eigenvalue weighted by Gasteiger charge is 2.32. The first kappa shape index (κ1) is 12.5. The summed E-state index contributed by atoms with van der Waals surface area (Å²) in [6.07, 6.45) is 2.38. The largest absolute Gasteiger partial charge is 0.274 e. The van der Waals surface area contributed by atoms with Gasteiger partial charge in [0, 0.05) is 24.4 Å². The van der Waals surface area contributed by atoms with E-state index in [2.05, 4.69) is 4.98 Å². The van der Waals surface area contributed by atoms with Crippen LogP contribution in [0.4, 0.5) is 0 Å². The fourth-order valence-corrected chi connectivity index (χ4v) is 2.30. The summed E-state index contributed by atoms with van der Waals surface area (Å²) in [6.45, 7) is 0.